The molecule has 0 saturated carbocycles. The molecule has 1 saturated heterocycles. The van der Waals surface area contributed by atoms with Gasteiger partial charge < -0.3 is 9.64 Å². The Morgan fingerprint density at radius 3 is 2.26 bits per heavy atom. The zero-order chi connectivity index (χ0) is 19.3. The van der Waals surface area contributed by atoms with E-state index in [0.717, 1.165) is 12.8 Å². The highest BCUT2D eigenvalue weighted by Gasteiger charge is 2.29. The maximum absolute atomic E-state index is 13.3. The summed E-state index contributed by atoms with van der Waals surface area (Å²) in [5, 5.41) is 0. The molecule has 2 aromatic carbocycles. The van der Waals surface area contributed by atoms with Crippen LogP contribution in [0.1, 0.15) is 19.8 Å². The molecule has 0 aromatic heterocycles. The first-order chi connectivity index (χ1) is 13.0. The molecule has 1 heterocycles. The van der Waals surface area contributed by atoms with Crippen LogP contribution in [0, 0.1) is 0 Å². The molecule has 3 rings (SSSR count). The van der Waals surface area contributed by atoms with Crippen LogP contribution < -0.4 is 9.04 Å². The highest BCUT2D eigenvalue weighted by atomic mass is 32.2. The minimum absolute atomic E-state index is 0.129. The summed E-state index contributed by atoms with van der Waals surface area (Å²) >= 11 is 0. The normalized spacial score (nSPS) is 14.2. The van der Waals surface area contributed by atoms with Gasteiger partial charge in [-0.25, -0.2) is 8.42 Å². The fraction of sp³-hybridized carbons (Fsp3) is 0.350. The van der Waals surface area contributed by atoms with Crippen molar-refractivity contribution in [1.82, 2.24) is 4.90 Å². The molecule has 0 aliphatic carbocycles. The second-order valence-corrected chi connectivity index (χ2v) is 8.20. The van der Waals surface area contributed by atoms with Crippen LogP contribution in [0.2, 0.25) is 0 Å². The first kappa shape index (κ1) is 19.2. The van der Waals surface area contributed by atoms with E-state index in [-0.39, 0.29) is 17.3 Å². The molecule has 0 atom stereocenters. The number of carbonyl (C=O) groups is 1. The van der Waals surface area contributed by atoms with E-state index in [1.807, 2.05) is 13.0 Å². The zero-order valence-corrected chi connectivity index (χ0v) is 16.2. The number of anilines is 1. The van der Waals surface area contributed by atoms with Crippen LogP contribution in [0.5, 0.6) is 5.75 Å². The highest BCUT2D eigenvalue weighted by Crippen LogP contribution is 2.25. The molecule has 6 nitrogen and oxygen atoms in total. The molecular weight excluding hydrogens is 364 g/mol. The van der Waals surface area contributed by atoms with Crippen molar-refractivity contribution in [3.05, 3.63) is 54.6 Å². The predicted octanol–water partition coefficient (Wildman–Crippen LogP) is 2.90. The van der Waals surface area contributed by atoms with Gasteiger partial charge in [0.1, 0.15) is 12.3 Å². The number of hydrogen-bond acceptors (Lipinski definition) is 4. The maximum Gasteiger partial charge on any atom is 0.264 e. The van der Waals surface area contributed by atoms with Gasteiger partial charge in [0.25, 0.3) is 10.0 Å². The molecule has 0 N–H and O–H groups in total. The number of amides is 1. The van der Waals surface area contributed by atoms with Crippen molar-refractivity contribution in [3.8, 4) is 5.75 Å². The van der Waals surface area contributed by atoms with Gasteiger partial charge in [-0.2, -0.15) is 0 Å². The molecule has 1 amide bonds. The van der Waals surface area contributed by atoms with Crippen LogP contribution in [0.3, 0.4) is 0 Å². The van der Waals surface area contributed by atoms with Gasteiger partial charge in [0, 0.05) is 13.1 Å². The first-order valence-corrected chi connectivity index (χ1v) is 10.5. The average molecular weight is 388 g/mol. The summed E-state index contributed by atoms with van der Waals surface area (Å²) in [6, 6.07) is 15.0. The molecule has 7 heteroatoms. The van der Waals surface area contributed by atoms with Crippen molar-refractivity contribution >= 4 is 21.6 Å². The first-order valence-electron chi connectivity index (χ1n) is 9.11. The van der Waals surface area contributed by atoms with E-state index < -0.39 is 10.0 Å². The lowest BCUT2D eigenvalue weighted by molar-refractivity contribution is -0.128. The summed E-state index contributed by atoms with van der Waals surface area (Å²) < 4.78 is 33.1. The molecule has 27 heavy (non-hydrogen) atoms. The fourth-order valence-corrected chi connectivity index (χ4v) is 4.51. The second-order valence-electron chi connectivity index (χ2n) is 6.34. The van der Waals surface area contributed by atoms with Gasteiger partial charge >= 0.3 is 0 Å². The Morgan fingerprint density at radius 1 is 1.04 bits per heavy atom. The lowest BCUT2D eigenvalue weighted by Crippen LogP contribution is -2.42. The molecule has 0 radical (unpaired) electrons. The monoisotopic (exact) mass is 388 g/mol. The predicted molar refractivity (Wildman–Crippen MR) is 104 cm³/mol. The van der Waals surface area contributed by atoms with Crippen molar-refractivity contribution in [3.63, 3.8) is 0 Å². The number of hydrogen-bond donors (Lipinski definition) is 0. The number of carbonyl (C=O) groups excluding carboxylic acids is 1. The van der Waals surface area contributed by atoms with E-state index in [1.54, 1.807) is 41.3 Å². The maximum atomic E-state index is 13.3. The number of para-hydroxylation sites is 1. The number of ether oxygens (including phenoxy) is 1. The van der Waals surface area contributed by atoms with Crippen LogP contribution in [0.4, 0.5) is 5.69 Å². The van der Waals surface area contributed by atoms with Crippen molar-refractivity contribution in [2.75, 3.05) is 30.5 Å². The Bertz CT molecular complexity index is 861. The lowest BCUT2D eigenvalue weighted by Gasteiger charge is -2.26. The van der Waals surface area contributed by atoms with Gasteiger partial charge in [-0.1, -0.05) is 18.2 Å². The molecule has 144 valence electrons. The van der Waals surface area contributed by atoms with Crippen LogP contribution in [0.25, 0.3) is 0 Å². The van der Waals surface area contributed by atoms with E-state index in [4.69, 9.17) is 4.74 Å². The zero-order valence-electron chi connectivity index (χ0n) is 15.4. The summed E-state index contributed by atoms with van der Waals surface area (Å²) in [7, 11) is -3.88. The molecule has 0 bridgehead atoms. The Hall–Kier alpha value is -2.54. The Kier molecular flexibility index (Phi) is 6.01. The van der Waals surface area contributed by atoms with Gasteiger partial charge in [-0.05, 0) is 56.2 Å². The molecule has 0 unspecified atom stereocenters. The van der Waals surface area contributed by atoms with Gasteiger partial charge in [-0.3, -0.25) is 9.10 Å². The third-order valence-corrected chi connectivity index (χ3v) is 6.29. The molecular formula is C20H24N2O4S. The minimum Gasteiger partial charge on any atom is -0.494 e. The van der Waals surface area contributed by atoms with Gasteiger partial charge in [0.05, 0.1) is 17.2 Å². The molecule has 1 aliphatic heterocycles. The van der Waals surface area contributed by atoms with Gasteiger partial charge in [0.15, 0.2) is 0 Å². The number of sulfonamides is 1. The summed E-state index contributed by atoms with van der Waals surface area (Å²) in [6.07, 6.45) is 1.92. The highest BCUT2D eigenvalue weighted by molar-refractivity contribution is 7.92. The van der Waals surface area contributed by atoms with E-state index >= 15 is 0 Å². The van der Waals surface area contributed by atoms with Crippen LogP contribution in [-0.2, 0) is 14.8 Å². The Labute approximate surface area is 160 Å². The minimum atomic E-state index is -3.88. The summed E-state index contributed by atoms with van der Waals surface area (Å²) in [4.78, 5) is 14.5. The Balaban J connectivity index is 1.91. The summed E-state index contributed by atoms with van der Waals surface area (Å²) in [5.41, 5.74) is 0.471. The van der Waals surface area contributed by atoms with E-state index in [0.29, 0.717) is 31.1 Å². The quantitative estimate of drug-likeness (QED) is 0.731. The van der Waals surface area contributed by atoms with Crippen LogP contribution in [0.15, 0.2) is 59.5 Å². The molecule has 1 aliphatic rings. The van der Waals surface area contributed by atoms with Crippen molar-refractivity contribution in [2.45, 2.75) is 24.7 Å². The van der Waals surface area contributed by atoms with E-state index in [1.165, 1.54) is 16.4 Å². The van der Waals surface area contributed by atoms with Crippen molar-refractivity contribution in [1.29, 1.82) is 0 Å². The number of nitrogens with zero attached hydrogens (tertiary/aromatic N) is 2. The molecule has 2 aromatic rings. The van der Waals surface area contributed by atoms with Crippen LogP contribution >= 0.6 is 0 Å². The average Bonchev–Trinajstić information content (AvgIpc) is 3.22. The summed E-state index contributed by atoms with van der Waals surface area (Å²) in [5.74, 6) is 0.432. The fourth-order valence-electron chi connectivity index (χ4n) is 3.10. The number of likely N-dealkylation sites (tertiary alicyclic amines) is 1. The van der Waals surface area contributed by atoms with Crippen molar-refractivity contribution in [2.24, 2.45) is 0 Å². The van der Waals surface area contributed by atoms with Crippen molar-refractivity contribution < 1.29 is 17.9 Å². The number of benzene rings is 2. The summed E-state index contributed by atoms with van der Waals surface area (Å²) in [6.45, 7) is 3.53. The Morgan fingerprint density at radius 2 is 1.67 bits per heavy atom. The SMILES string of the molecule is CCOc1ccc(S(=O)(=O)N(CC(=O)N2CCCC2)c2ccccc2)cc1. The molecule has 0 spiro atoms. The smallest absolute Gasteiger partial charge is 0.264 e. The molecule has 1 fully saturated rings. The van der Waals surface area contributed by atoms with Crippen LogP contribution in [-0.4, -0.2) is 45.5 Å². The lowest BCUT2D eigenvalue weighted by atomic mass is 10.3. The standard InChI is InChI=1S/C20H24N2O4S/c1-2-26-18-10-12-19(13-11-18)27(24,25)22(17-8-4-3-5-9-17)16-20(23)21-14-6-7-15-21/h3-5,8-13H,2,6-7,14-16H2,1H3. The third-order valence-electron chi connectivity index (χ3n) is 4.50. The second kappa shape index (κ2) is 8.43. The third kappa shape index (κ3) is 4.42. The van der Waals surface area contributed by atoms with E-state index in [2.05, 4.69) is 0 Å². The largest absolute Gasteiger partial charge is 0.494 e. The van der Waals surface area contributed by atoms with Gasteiger partial charge in [-0.15, -0.1) is 0 Å². The van der Waals surface area contributed by atoms with Gasteiger partial charge in [0.2, 0.25) is 5.91 Å². The van der Waals surface area contributed by atoms with E-state index in [9.17, 15) is 13.2 Å². The topological polar surface area (TPSA) is 66.9 Å². The number of rotatable bonds is 7.